The van der Waals surface area contributed by atoms with Gasteiger partial charge in [-0.15, -0.1) is 11.3 Å². The van der Waals surface area contributed by atoms with Gasteiger partial charge in [0, 0.05) is 30.5 Å². The first-order valence-electron chi connectivity index (χ1n) is 4.92. The second kappa shape index (κ2) is 4.55. The van der Waals surface area contributed by atoms with E-state index in [4.69, 9.17) is 0 Å². The van der Waals surface area contributed by atoms with E-state index in [1.807, 2.05) is 35.7 Å². The summed E-state index contributed by atoms with van der Waals surface area (Å²) < 4.78 is 2.03. The summed E-state index contributed by atoms with van der Waals surface area (Å²) in [5, 5.41) is 3.42. The maximum atomic E-state index is 4.37. The van der Waals surface area contributed by atoms with Crippen LogP contribution in [0.1, 0.15) is 23.7 Å². The van der Waals surface area contributed by atoms with Crippen LogP contribution in [0.3, 0.4) is 0 Å². The molecule has 0 radical (unpaired) electrons. The fourth-order valence-electron chi connectivity index (χ4n) is 1.55. The molecule has 0 fully saturated rings. The normalized spacial score (nSPS) is 12.9. The van der Waals surface area contributed by atoms with E-state index in [1.165, 1.54) is 4.88 Å². The van der Waals surface area contributed by atoms with Crippen molar-refractivity contribution >= 4 is 11.3 Å². The van der Waals surface area contributed by atoms with Gasteiger partial charge in [0.25, 0.3) is 0 Å². The van der Waals surface area contributed by atoms with Gasteiger partial charge < -0.3 is 9.88 Å². The molecule has 1 atom stereocenters. The highest BCUT2D eigenvalue weighted by molar-refractivity contribution is 7.09. The van der Waals surface area contributed by atoms with Gasteiger partial charge in [-0.05, 0) is 6.54 Å². The molecule has 80 valence electrons. The van der Waals surface area contributed by atoms with Crippen molar-refractivity contribution in [3.8, 4) is 0 Å². The summed E-state index contributed by atoms with van der Waals surface area (Å²) in [6.07, 6.45) is 5.67. The molecule has 0 aliphatic heterocycles. The topological polar surface area (TPSA) is 42.7 Å². The van der Waals surface area contributed by atoms with E-state index >= 15 is 0 Å². The third-order valence-corrected chi connectivity index (χ3v) is 3.10. The van der Waals surface area contributed by atoms with Gasteiger partial charge in [-0.3, -0.25) is 4.98 Å². The van der Waals surface area contributed by atoms with Crippen molar-refractivity contribution < 1.29 is 0 Å². The van der Waals surface area contributed by atoms with Crippen molar-refractivity contribution in [2.24, 2.45) is 7.05 Å². The number of imidazole rings is 1. The molecule has 0 aliphatic rings. The molecule has 1 unspecified atom stereocenters. The summed E-state index contributed by atoms with van der Waals surface area (Å²) in [4.78, 5) is 9.68. The Bertz CT molecular complexity index is 407. The van der Waals surface area contributed by atoms with E-state index in [9.17, 15) is 0 Å². The average molecular weight is 222 g/mol. The van der Waals surface area contributed by atoms with Crippen molar-refractivity contribution in [3.63, 3.8) is 0 Å². The Balaban J connectivity index is 2.32. The zero-order valence-corrected chi connectivity index (χ0v) is 9.66. The van der Waals surface area contributed by atoms with Crippen LogP contribution >= 0.6 is 11.3 Å². The monoisotopic (exact) mass is 222 g/mol. The van der Waals surface area contributed by atoms with Crippen LogP contribution in [0.5, 0.6) is 0 Å². The molecule has 0 spiro atoms. The van der Waals surface area contributed by atoms with Crippen LogP contribution in [0.15, 0.2) is 24.1 Å². The van der Waals surface area contributed by atoms with E-state index in [0.29, 0.717) is 0 Å². The summed E-state index contributed by atoms with van der Waals surface area (Å²) in [5.41, 5.74) is 1.85. The highest BCUT2D eigenvalue weighted by Crippen LogP contribution is 2.22. The first-order valence-corrected chi connectivity index (χ1v) is 5.80. The van der Waals surface area contributed by atoms with Gasteiger partial charge in [-0.25, -0.2) is 4.98 Å². The maximum Gasteiger partial charge on any atom is 0.131 e. The van der Waals surface area contributed by atoms with E-state index in [1.54, 1.807) is 11.3 Å². The number of nitrogens with zero attached hydrogens (tertiary/aromatic N) is 3. The second-order valence-corrected chi connectivity index (χ2v) is 4.21. The number of hydrogen-bond donors (Lipinski definition) is 1. The van der Waals surface area contributed by atoms with Crippen LogP contribution in [-0.4, -0.2) is 21.1 Å². The molecule has 2 aromatic heterocycles. The molecule has 0 aromatic carbocycles. The largest absolute Gasteiger partial charge is 0.336 e. The minimum atomic E-state index is 0.155. The summed E-state index contributed by atoms with van der Waals surface area (Å²) in [5.74, 6) is 1.03. The lowest BCUT2D eigenvalue weighted by molar-refractivity contribution is 0.584. The van der Waals surface area contributed by atoms with Crippen LogP contribution in [-0.2, 0) is 7.05 Å². The third kappa shape index (κ3) is 2.08. The minimum absolute atomic E-state index is 0.155. The van der Waals surface area contributed by atoms with Gasteiger partial charge in [-0.2, -0.15) is 0 Å². The Kier molecular flexibility index (Phi) is 3.13. The van der Waals surface area contributed by atoms with E-state index in [-0.39, 0.29) is 6.04 Å². The van der Waals surface area contributed by atoms with Crippen molar-refractivity contribution in [1.29, 1.82) is 0 Å². The van der Waals surface area contributed by atoms with Crippen molar-refractivity contribution in [1.82, 2.24) is 19.9 Å². The Morgan fingerprint density at radius 1 is 1.60 bits per heavy atom. The quantitative estimate of drug-likeness (QED) is 0.854. The number of thiazole rings is 1. The highest BCUT2D eigenvalue weighted by atomic mass is 32.1. The predicted molar refractivity (Wildman–Crippen MR) is 60.8 cm³/mol. The number of hydrogen-bond acceptors (Lipinski definition) is 4. The maximum absolute atomic E-state index is 4.37. The van der Waals surface area contributed by atoms with Gasteiger partial charge in [0.15, 0.2) is 0 Å². The third-order valence-electron chi connectivity index (χ3n) is 2.26. The molecule has 1 N–H and O–H groups in total. The molecule has 0 saturated carbocycles. The molecule has 2 rings (SSSR count). The fraction of sp³-hybridized carbons (Fsp3) is 0.400. The van der Waals surface area contributed by atoms with Gasteiger partial charge in [-0.1, -0.05) is 6.92 Å². The van der Waals surface area contributed by atoms with Crippen LogP contribution in [0.4, 0.5) is 0 Å². The Morgan fingerprint density at radius 3 is 3.00 bits per heavy atom. The van der Waals surface area contributed by atoms with Gasteiger partial charge >= 0.3 is 0 Å². The average Bonchev–Trinajstić information content (AvgIpc) is 2.85. The molecule has 0 saturated heterocycles. The van der Waals surface area contributed by atoms with Crippen molar-refractivity contribution in [3.05, 3.63) is 34.8 Å². The van der Waals surface area contributed by atoms with E-state index in [0.717, 1.165) is 12.4 Å². The van der Waals surface area contributed by atoms with Crippen LogP contribution < -0.4 is 5.32 Å². The van der Waals surface area contributed by atoms with Crippen molar-refractivity contribution in [2.45, 2.75) is 13.0 Å². The summed E-state index contributed by atoms with van der Waals surface area (Å²) in [7, 11) is 2.01. The van der Waals surface area contributed by atoms with Gasteiger partial charge in [0.05, 0.1) is 5.51 Å². The smallest absolute Gasteiger partial charge is 0.131 e. The van der Waals surface area contributed by atoms with Crippen molar-refractivity contribution in [2.75, 3.05) is 6.54 Å². The summed E-state index contributed by atoms with van der Waals surface area (Å²) in [6.45, 7) is 3.01. The SMILES string of the molecule is CCNC(c1cncs1)c1nccn1C. The molecule has 15 heavy (non-hydrogen) atoms. The first-order chi connectivity index (χ1) is 7.33. The lowest BCUT2D eigenvalue weighted by Crippen LogP contribution is -2.23. The number of rotatable bonds is 4. The summed E-state index contributed by atoms with van der Waals surface area (Å²) >= 11 is 1.65. The van der Waals surface area contributed by atoms with Crippen LogP contribution in [0.25, 0.3) is 0 Å². The molecule has 0 aliphatic carbocycles. The predicted octanol–water partition coefficient (Wildman–Crippen LogP) is 1.58. The minimum Gasteiger partial charge on any atom is -0.336 e. The Hall–Kier alpha value is -1.20. The zero-order valence-electron chi connectivity index (χ0n) is 8.84. The van der Waals surface area contributed by atoms with E-state index in [2.05, 4.69) is 22.2 Å². The summed E-state index contributed by atoms with van der Waals surface area (Å²) in [6, 6.07) is 0.155. The molecule has 0 amide bonds. The standard InChI is InChI=1S/C10H14N4S/c1-3-12-9(8-6-11-7-15-8)10-13-4-5-14(10)2/h4-7,9,12H,3H2,1-2H3. The molecule has 2 aromatic rings. The molecule has 4 nitrogen and oxygen atoms in total. The van der Waals surface area contributed by atoms with Crippen LogP contribution in [0.2, 0.25) is 0 Å². The highest BCUT2D eigenvalue weighted by Gasteiger charge is 2.18. The Morgan fingerprint density at radius 2 is 2.47 bits per heavy atom. The number of nitrogens with one attached hydrogen (secondary N) is 1. The second-order valence-electron chi connectivity index (χ2n) is 3.29. The first kappa shape index (κ1) is 10.3. The molecule has 2 heterocycles. The van der Waals surface area contributed by atoms with Gasteiger partial charge in [0.2, 0.25) is 0 Å². The molecule has 0 bridgehead atoms. The van der Waals surface area contributed by atoms with E-state index < -0.39 is 0 Å². The Labute approximate surface area is 93.0 Å². The molecule has 5 heteroatoms. The lowest BCUT2D eigenvalue weighted by atomic mass is 10.2. The zero-order chi connectivity index (χ0) is 10.7. The number of aromatic nitrogens is 3. The number of aryl methyl sites for hydroxylation is 1. The van der Waals surface area contributed by atoms with Crippen LogP contribution in [0, 0.1) is 0 Å². The molecular formula is C10H14N4S. The fourth-order valence-corrected chi connectivity index (χ4v) is 2.24. The molecular weight excluding hydrogens is 208 g/mol. The lowest BCUT2D eigenvalue weighted by Gasteiger charge is -2.15. The van der Waals surface area contributed by atoms with Gasteiger partial charge in [0.1, 0.15) is 11.9 Å².